The van der Waals surface area contributed by atoms with Crippen LogP contribution in [0.1, 0.15) is 53.6 Å². The normalized spacial score (nSPS) is 13.6. The van der Waals surface area contributed by atoms with Crippen LogP contribution in [0.25, 0.3) is 0 Å². The van der Waals surface area contributed by atoms with Crippen molar-refractivity contribution in [3.8, 4) is 5.75 Å². The summed E-state index contributed by atoms with van der Waals surface area (Å²) < 4.78 is 5.79. The molecule has 0 atom stereocenters. The van der Waals surface area contributed by atoms with Crippen LogP contribution < -0.4 is 20.8 Å². The van der Waals surface area contributed by atoms with Crippen molar-refractivity contribution in [2.45, 2.75) is 44.8 Å². The highest BCUT2D eigenvalue weighted by Gasteiger charge is 2.20. The summed E-state index contributed by atoms with van der Waals surface area (Å²) in [5.41, 5.74) is 4.42. The van der Waals surface area contributed by atoms with E-state index in [0.29, 0.717) is 28.5 Å². The molecule has 0 bridgehead atoms. The SMILES string of the molecule is O=C(N/N=C/c1cccc(OCc2ccc(Cl)cc2)c1)C(=O)Nc1ccccc1C(=O)NC1CCCCC1. The topological polar surface area (TPSA) is 109 Å². The lowest BCUT2D eigenvalue weighted by Gasteiger charge is -2.23. The van der Waals surface area contributed by atoms with E-state index in [0.717, 1.165) is 31.2 Å². The van der Waals surface area contributed by atoms with Crippen molar-refractivity contribution in [2.24, 2.45) is 5.10 Å². The second-order valence-electron chi connectivity index (χ2n) is 8.99. The molecule has 3 amide bonds. The monoisotopic (exact) mass is 532 g/mol. The molecule has 4 rings (SSSR count). The van der Waals surface area contributed by atoms with Gasteiger partial charge in [0.2, 0.25) is 0 Å². The lowest BCUT2D eigenvalue weighted by molar-refractivity contribution is -0.136. The van der Waals surface area contributed by atoms with Gasteiger partial charge in [-0.3, -0.25) is 14.4 Å². The molecular formula is C29H29ClN4O4. The molecule has 0 aromatic heterocycles. The van der Waals surface area contributed by atoms with Gasteiger partial charge in [0.05, 0.1) is 17.5 Å². The lowest BCUT2D eigenvalue weighted by atomic mass is 9.95. The van der Waals surface area contributed by atoms with Crippen LogP contribution in [0, 0.1) is 0 Å². The van der Waals surface area contributed by atoms with Crippen LogP contribution in [-0.2, 0) is 16.2 Å². The number of rotatable bonds is 8. The molecule has 3 aromatic rings. The van der Waals surface area contributed by atoms with E-state index in [4.69, 9.17) is 16.3 Å². The minimum absolute atomic E-state index is 0.124. The predicted molar refractivity (Wildman–Crippen MR) is 147 cm³/mol. The smallest absolute Gasteiger partial charge is 0.329 e. The molecule has 0 unspecified atom stereocenters. The van der Waals surface area contributed by atoms with Crippen molar-refractivity contribution in [2.75, 3.05) is 5.32 Å². The zero-order valence-corrected chi connectivity index (χ0v) is 21.5. The first-order chi connectivity index (χ1) is 18.5. The Morgan fingerprint density at radius 2 is 1.68 bits per heavy atom. The first-order valence-corrected chi connectivity index (χ1v) is 12.9. The molecule has 0 aliphatic heterocycles. The van der Waals surface area contributed by atoms with Crippen molar-refractivity contribution < 1.29 is 19.1 Å². The lowest BCUT2D eigenvalue weighted by Crippen LogP contribution is -2.37. The number of hydrogen-bond acceptors (Lipinski definition) is 5. The Hall–Kier alpha value is -4.17. The van der Waals surface area contributed by atoms with E-state index in [-0.39, 0.29) is 17.6 Å². The molecule has 1 aliphatic rings. The van der Waals surface area contributed by atoms with E-state index in [9.17, 15) is 14.4 Å². The van der Waals surface area contributed by atoms with Gasteiger partial charge in [0.1, 0.15) is 12.4 Å². The van der Waals surface area contributed by atoms with Crippen molar-refractivity contribution in [3.63, 3.8) is 0 Å². The Bertz CT molecular complexity index is 1300. The van der Waals surface area contributed by atoms with Crippen LogP contribution in [0.3, 0.4) is 0 Å². The Labute approximate surface area is 226 Å². The summed E-state index contributed by atoms with van der Waals surface area (Å²) in [5.74, 6) is -1.54. The van der Waals surface area contributed by atoms with E-state index in [1.165, 1.54) is 12.6 Å². The Morgan fingerprint density at radius 3 is 2.47 bits per heavy atom. The molecule has 38 heavy (non-hydrogen) atoms. The van der Waals surface area contributed by atoms with Gasteiger partial charge >= 0.3 is 11.8 Å². The van der Waals surface area contributed by atoms with Crippen LogP contribution >= 0.6 is 11.6 Å². The zero-order chi connectivity index (χ0) is 26.7. The number of hydrogen-bond donors (Lipinski definition) is 3. The molecule has 1 aliphatic carbocycles. The van der Waals surface area contributed by atoms with Gasteiger partial charge in [-0.15, -0.1) is 0 Å². The van der Waals surface area contributed by atoms with Crippen LogP contribution in [0.2, 0.25) is 5.02 Å². The summed E-state index contributed by atoms with van der Waals surface area (Å²) in [5, 5.41) is 10.1. The summed E-state index contributed by atoms with van der Waals surface area (Å²) in [4.78, 5) is 37.6. The summed E-state index contributed by atoms with van der Waals surface area (Å²) in [6, 6.07) is 21.2. The first kappa shape index (κ1) is 26.9. The zero-order valence-electron chi connectivity index (χ0n) is 20.8. The van der Waals surface area contributed by atoms with Gasteiger partial charge in [0, 0.05) is 11.1 Å². The summed E-state index contributed by atoms with van der Waals surface area (Å²) in [7, 11) is 0. The summed E-state index contributed by atoms with van der Waals surface area (Å²) >= 11 is 5.91. The number of carbonyl (C=O) groups is 3. The maximum absolute atomic E-state index is 12.8. The van der Waals surface area contributed by atoms with Gasteiger partial charge in [0.25, 0.3) is 5.91 Å². The third kappa shape index (κ3) is 7.91. The maximum atomic E-state index is 12.8. The molecule has 0 heterocycles. The van der Waals surface area contributed by atoms with E-state index < -0.39 is 11.8 Å². The standard InChI is InChI=1S/C29H29ClN4O4/c30-22-15-13-20(14-16-22)19-38-24-10-6-7-21(17-24)18-31-34-29(37)28(36)33-26-12-5-4-11-25(26)27(35)32-23-8-2-1-3-9-23/h4-7,10-18,23H,1-3,8-9,19H2,(H,32,35)(H,33,36)(H,34,37)/b31-18+. The van der Waals surface area contributed by atoms with Crippen molar-refractivity contribution in [3.05, 3.63) is 94.5 Å². The third-order valence-electron chi connectivity index (χ3n) is 6.12. The molecule has 1 saturated carbocycles. The molecule has 196 valence electrons. The summed E-state index contributed by atoms with van der Waals surface area (Å²) in [6.07, 6.45) is 6.65. The van der Waals surface area contributed by atoms with Crippen LogP contribution in [-0.4, -0.2) is 30.0 Å². The highest BCUT2D eigenvalue weighted by Crippen LogP contribution is 2.20. The predicted octanol–water partition coefficient (Wildman–Crippen LogP) is 5.07. The second-order valence-corrected chi connectivity index (χ2v) is 9.43. The summed E-state index contributed by atoms with van der Waals surface area (Å²) in [6.45, 7) is 0.370. The van der Waals surface area contributed by atoms with E-state index in [2.05, 4.69) is 21.2 Å². The molecule has 0 radical (unpaired) electrons. The highest BCUT2D eigenvalue weighted by atomic mass is 35.5. The van der Waals surface area contributed by atoms with E-state index >= 15 is 0 Å². The number of nitrogens with zero attached hydrogens (tertiary/aromatic N) is 1. The number of ether oxygens (including phenoxy) is 1. The van der Waals surface area contributed by atoms with Gasteiger partial charge in [-0.05, 0) is 60.4 Å². The Balaban J connectivity index is 1.29. The van der Waals surface area contributed by atoms with Gasteiger partial charge in [-0.1, -0.05) is 67.3 Å². The number of nitrogens with one attached hydrogen (secondary N) is 3. The fourth-order valence-electron chi connectivity index (χ4n) is 4.13. The van der Waals surface area contributed by atoms with Gasteiger partial charge in [-0.25, -0.2) is 5.43 Å². The minimum atomic E-state index is -0.959. The number of amides is 3. The number of benzene rings is 3. The average molecular weight is 533 g/mol. The molecule has 1 fully saturated rings. The molecule has 0 spiro atoms. The number of para-hydroxylation sites is 1. The highest BCUT2D eigenvalue weighted by molar-refractivity contribution is 6.40. The third-order valence-corrected chi connectivity index (χ3v) is 6.38. The van der Waals surface area contributed by atoms with Gasteiger partial charge < -0.3 is 15.4 Å². The van der Waals surface area contributed by atoms with Crippen molar-refractivity contribution >= 4 is 41.2 Å². The minimum Gasteiger partial charge on any atom is -0.489 e. The molecule has 0 saturated heterocycles. The first-order valence-electron chi connectivity index (χ1n) is 12.5. The Kier molecular flexibility index (Phi) is 9.48. The molecular weight excluding hydrogens is 504 g/mol. The maximum Gasteiger partial charge on any atom is 0.329 e. The number of anilines is 1. The molecule has 3 N–H and O–H groups in total. The Morgan fingerprint density at radius 1 is 0.921 bits per heavy atom. The number of hydrazone groups is 1. The van der Waals surface area contributed by atoms with Gasteiger partial charge in [-0.2, -0.15) is 5.10 Å². The fourth-order valence-corrected chi connectivity index (χ4v) is 4.25. The van der Waals surface area contributed by atoms with Crippen molar-refractivity contribution in [1.29, 1.82) is 0 Å². The largest absolute Gasteiger partial charge is 0.489 e. The molecule has 8 nitrogen and oxygen atoms in total. The quantitative estimate of drug-likeness (QED) is 0.214. The van der Waals surface area contributed by atoms with E-state index in [1.807, 2.05) is 12.1 Å². The average Bonchev–Trinajstić information content (AvgIpc) is 2.93. The molecule has 3 aromatic carbocycles. The fraction of sp³-hybridized carbons (Fsp3) is 0.241. The number of carbonyl (C=O) groups excluding carboxylic acids is 3. The molecule has 9 heteroatoms. The van der Waals surface area contributed by atoms with E-state index in [1.54, 1.807) is 60.7 Å². The van der Waals surface area contributed by atoms with Crippen molar-refractivity contribution in [1.82, 2.24) is 10.7 Å². The second kappa shape index (κ2) is 13.4. The van der Waals surface area contributed by atoms with Crippen LogP contribution in [0.5, 0.6) is 5.75 Å². The van der Waals surface area contributed by atoms with Gasteiger partial charge in [0.15, 0.2) is 0 Å². The van der Waals surface area contributed by atoms with Crippen LogP contribution in [0.15, 0.2) is 77.9 Å². The van der Waals surface area contributed by atoms with Crippen LogP contribution in [0.4, 0.5) is 5.69 Å². The number of halogens is 1.